The summed E-state index contributed by atoms with van der Waals surface area (Å²) in [7, 11) is -3.24. The van der Waals surface area contributed by atoms with Crippen LogP contribution in [0, 0.1) is 0 Å². The van der Waals surface area contributed by atoms with Crippen LogP contribution in [0.25, 0.3) is 0 Å². The van der Waals surface area contributed by atoms with Crippen molar-refractivity contribution >= 4 is 27.1 Å². The van der Waals surface area contributed by atoms with Crippen molar-refractivity contribution in [2.45, 2.75) is 30.9 Å². The van der Waals surface area contributed by atoms with Crippen molar-refractivity contribution in [3.63, 3.8) is 0 Å². The van der Waals surface area contributed by atoms with Crippen molar-refractivity contribution in [3.8, 4) is 0 Å². The summed E-state index contributed by atoms with van der Waals surface area (Å²) in [6, 6.07) is 0. The van der Waals surface area contributed by atoms with Crippen LogP contribution in [0.4, 0.5) is 0 Å². The molecule has 1 aromatic rings. The Kier molecular flexibility index (Phi) is 2.99. The Morgan fingerprint density at radius 3 is 2.53 bits per heavy atom. The number of sulfone groups is 1. The van der Waals surface area contributed by atoms with E-state index < -0.39 is 21.1 Å². The van der Waals surface area contributed by atoms with Gasteiger partial charge >= 0.3 is 5.97 Å². The zero-order valence-corrected chi connectivity index (χ0v) is 11.1. The Bertz CT molecular complexity index is 557. The second-order valence-electron chi connectivity index (χ2n) is 4.32. The number of aromatic carboxylic acids is 1. The molecule has 1 aliphatic rings. The van der Waals surface area contributed by atoms with E-state index in [1.165, 1.54) is 6.92 Å². The lowest BCUT2D eigenvalue weighted by Gasteiger charge is -2.03. The van der Waals surface area contributed by atoms with Gasteiger partial charge in [-0.05, 0) is 19.8 Å². The van der Waals surface area contributed by atoms with E-state index in [0.29, 0.717) is 10.7 Å². The van der Waals surface area contributed by atoms with Gasteiger partial charge in [-0.1, -0.05) is 0 Å². The van der Waals surface area contributed by atoms with Crippen molar-refractivity contribution in [3.05, 3.63) is 15.6 Å². The highest BCUT2D eigenvalue weighted by molar-refractivity contribution is 7.91. The third-order valence-electron chi connectivity index (χ3n) is 2.82. The van der Waals surface area contributed by atoms with E-state index in [1.807, 2.05) is 0 Å². The maximum Gasteiger partial charge on any atom is 0.347 e. The lowest BCUT2D eigenvalue weighted by Crippen LogP contribution is -2.07. The van der Waals surface area contributed by atoms with E-state index in [4.69, 9.17) is 5.11 Å². The number of carbonyl (C=O) groups is 1. The maximum atomic E-state index is 11.4. The lowest BCUT2D eigenvalue weighted by molar-refractivity contribution is 0.0700. The van der Waals surface area contributed by atoms with Crippen molar-refractivity contribution in [1.82, 2.24) is 4.98 Å². The molecule has 2 rings (SSSR count). The number of hydrogen-bond donors (Lipinski definition) is 1. The van der Waals surface area contributed by atoms with Crippen LogP contribution in [-0.2, 0) is 9.84 Å². The summed E-state index contributed by atoms with van der Waals surface area (Å²) in [6.45, 7) is 1.54. The molecule has 7 heteroatoms. The van der Waals surface area contributed by atoms with Gasteiger partial charge in [0.25, 0.3) is 0 Å². The van der Waals surface area contributed by atoms with Gasteiger partial charge in [0.1, 0.15) is 15.1 Å². The Balaban J connectivity index is 2.43. The minimum absolute atomic E-state index is 0.193. The van der Waals surface area contributed by atoms with Gasteiger partial charge in [0.15, 0.2) is 9.84 Å². The summed E-state index contributed by atoms with van der Waals surface area (Å²) in [4.78, 5) is 15.5. The second kappa shape index (κ2) is 4.06. The second-order valence-corrected chi connectivity index (χ2v) is 7.71. The van der Waals surface area contributed by atoms with Crippen molar-refractivity contribution in [1.29, 1.82) is 0 Å². The maximum absolute atomic E-state index is 11.4. The predicted octanol–water partition coefficient (Wildman–Crippen LogP) is 1.82. The molecule has 0 amide bonds. The molecule has 1 heterocycles. The van der Waals surface area contributed by atoms with E-state index in [9.17, 15) is 13.2 Å². The molecule has 1 atom stereocenters. The topological polar surface area (TPSA) is 84.3 Å². The Hall–Kier alpha value is -0.950. The van der Waals surface area contributed by atoms with Crippen LogP contribution in [-0.4, -0.2) is 30.7 Å². The van der Waals surface area contributed by atoms with Gasteiger partial charge in [-0.2, -0.15) is 0 Å². The molecule has 0 radical (unpaired) electrons. The third-order valence-corrected chi connectivity index (χ3v) is 5.72. The molecule has 5 nitrogen and oxygen atoms in total. The average molecular weight is 275 g/mol. The van der Waals surface area contributed by atoms with Gasteiger partial charge in [0, 0.05) is 12.2 Å². The predicted molar refractivity (Wildman–Crippen MR) is 64.3 cm³/mol. The molecule has 0 aromatic carbocycles. The van der Waals surface area contributed by atoms with Crippen LogP contribution < -0.4 is 0 Å². The highest BCUT2D eigenvalue weighted by atomic mass is 32.2. The molecule has 1 aromatic heterocycles. The molecule has 0 aliphatic heterocycles. The zero-order valence-electron chi connectivity index (χ0n) is 9.50. The normalized spacial score (nSPS) is 18.0. The fourth-order valence-corrected chi connectivity index (χ4v) is 3.50. The van der Waals surface area contributed by atoms with Gasteiger partial charge in [-0.3, -0.25) is 0 Å². The zero-order chi connectivity index (χ0) is 12.8. The largest absolute Gasteiger partial charge is 0.477 e. The van der Waals surface area contributed by atoms with Crippen molar-refractivity contribution in [2.75, 3.05) is 6.26 Å². The van der Waals surface area contributed by atoms with E-state index in [-0.39, 0.29) is 10.8 Å². The summed E-state index contributed by atoms with van der Waals surface area (Å²) in [6.07, 6.45) is 3.02. The Morgan fingerprint density at radius 1 is 1.53 bits per heavy atom. The summed E-state index contributed by atoms with van der Waals surface area (Å²) in [5, 5.41) is 8.70. The van der Waals surface area contributed by atoms with Gasteiger partial charge in [-0.15, -0.1) is 11.3 Å². The number of carboxylic acids is 1. The van der Waals surface area contributed by atoms with Gasteiger partial charge in [0.05, 0.1) is 5.69 Å². The van der Waals surface area contributed by atoms with Crippen LogP contribution in [0.1, 0.15) is 51.3 Å². The van der Waals surface area contributed by atoms with E-state index in [1.54, 1.807) is 0 Å². The van der Waals surface area contributed by atoms with Crippen molar-refractivity contribution < 1.29 is 18.3 Å². The van der Waals surface area contributed by atoms with Crippen LogP contribution in [0.15, 0.2) is 0 Å². The molecule has 1 fully saturated rings. The third kappa shape index (κ3) is 2.50. The SMILES string of the molecule is CC(c1nc(C2CC2)c(C(=O)O)s1)S(C)(=O)=O. The fraction of sp³-hybridized carbons (Fsp3) is 0.600. The van der Waals surface area contributed by atoms with Crippen LogP contribution in [0.5, 0.6) is 0 Å². The van der Waals surface area contributed by atoms with Crippen LogP contribution in [0.3, 0.4) is 0 Å². The molecule has 1 unspecified atom stereocenters. The van der Waals surface area contributed by atoms with E-state index in [0.717, 1.165) is 30.4 Å². The number of carboxylic acid groups (broad SMARTS) is 1. The summed E-state index contributed by atoms with van der Waals surface area (Å²) >= 11 is 0.981. The molecular formula is C10H13NO4S2. The molecule has 1 aliphatic carbocycles. The summed E-state index contributed by atoms with van der Waals surface area (Å²) in [5.41, 5.74) is 0.563. The summed E-state index contributed by atoms with van der Waals surface area (Å²) in [5.74, 6) is -0.811. The minimum Gasteiger partial charge on any atom is -0.477 e. The smallest absolute Gasteiger partial charge is 0.347 e. The lowest BCUT2D eigenvalue weighted by atomic mass is 10.2. The molecule has 0 bridgehead atoms. The monoisotopic (exact) mass is 275 g/mol. The minimum atomic E-state index is -3.24. The fourth-order valence-electron chi connectivity index (χ4n) is 1.49. The number of nitrogens with zero attached hydrogens (tertiary/aromatic N) is 1. The molecule has 1 saturated carbocycles. The summed E-state index contributed by atoms with van der Waals surface area (Å²) < 4.78 is 22.9. The number of thiazole rings is 1. The molecule has 17 heavy (non-hydrogen) atoms. The van der Waals surface area contributed by atoms with Gasteiger partial charge < -0.3 is 5.11 Å². The first-order chi connectivity index (χ1) is 7.80. The van der Waals surface area contributed by atoms with Gasteiger partial charge in [-0.25, -0.2) is 18.2 Å². The molecule has 0 spiro atoms. The number of hydrogen-bond acceptors (Lipinski definition) is 5. The Morgan fingerprint density at radius 2 is 2.12 bits per heavy atom. The van der Waals surface area contributed by atoms with Gasteiger partial charge in [0.2, 0.25) is 0 Å². The number of aromatic nitrogens is 1. The molecule has 94 valence electrons. The first-order valence-corrected chi connectivity index (χ1v) is 8.00. The number of rotatable bonds is 4. The Labute approximate surface area is 103 Å². The van der Waals surface area contributed by atoms with Crippen molar-refractivity contribution in [2.24, 2.45) is 0 Å². The standard InChI is InChI=1S/C10H13NO4S2/c1-5(17(2,14)15)9-11-7(6-3-4-6)8(16-9)10(12)13/h5-6H,3-4H2,1-2H3,(H,12,13). The van der Waals surface area contributed by atoms with E-state index >= 15 is 0 Å². The van der Waals surface area contributed by atoms with Crippen LogP contribution >= 0.6 is 11.3 Å². The highest BCUT2D eigenvalue weighted by Gasteiger charge is 2.34. The van der Waals surface area contributed by atoms with Crippen LogP contribution in [0.2, 0.25) is 0 Å². The molecular weight excluding hydrogens is 262 g/mol. The quantitative estimate of drug-likeness (QED) is 0.906. The average Bonchev–Trinajstić information content (AvgIpc) is 2.94. The molecule has 0 saturated heterocycles. The first kappa shape index (κ1) is 12.5. The van der Waals surface area contributed by atoms with E-state index in [2.05, 4.69) is 4.98 Å². The highest BCUT2D eigenvalue weighted by Crippen LogP contribution is 2.43. The first-order valence-electron chi connectivity index (χ1n) is 5.23. The molecule has 1 N–H and O–H groups in total.